The Morgan fingerprint density at radius 3 is 2.15 bits per heavy atom. The minimum Gasteiger partial charge on any atom is -0.394 e. The molecule has 0 fully saturated rings. The first-order valence-corrected chi connectivity index (χ1v) is 11.3. The van der Waals surface area contributed by atoms with Crippen molar-refractivity contribution in [1.82, 2.24) is 0 Å². The third kappa shape index (κ3) is 14.3. The fourth-order valence-electron chi connectivity index (χ4n) is 2.44. The van der Waals surface area contributed by atoms with Gasteiger partial charge in [0.05, 0.1) is 27.7 Å². The molecular formula is C18H39NO7P+. The Kier molecular flexibility index (Phi) is 13.6. The average molecular weight is 412 g/mol. The van der Waals surface area contributed by atoms with Crippen LogP contribution in [0.25, 0.3) is 0 Å². The summed E-state index contributed by atoms with van der Waals surface area (Å²) in [4.78, 5) is 22.1. The van der Waals surface area contributed by atoms with Gasteiger partial charge in [-0.15, -0.1) is 0 Å². The molecule has 0 amide bonds. The number of hydrogen-bond acceptors (Lipinski definition) is 6. The van der Waals surface area contributed by atoms with Crippen molar-refractivity contribution in [2.75, 3.05) is 40.9 Å². The number of likely N-dealkylation sites (N-methyl/N-ethyl adjacent to an activating group) is 1. The lowest BCUT2D eigenvalue weighted by atomic mass is 10.0. The first-order valence-electron chi connectivity index (χ1n) is 9.80. The van der Waals surface area contributed by atoms with E-state index in [0.29, 0.717) is 17.4 Å². The molecule has 162 valence electrons. The molecule has 0 radical (unpaired) electrons. The van der Waals surface area contributed by atoms with E-state index in [2.05, 4.69) is 6.92 Å². The lowest BCUT2D eigenvalue weighted by Gasteiger charge is -2.26. The van der Waals surface area contributed by atoms with Gasteiger partial charge in [0.1, 0.15) is 19.3 Å². The number of phosphoric ester groups is 1. The number of aliphatic hydroxyl groups excluding tert-OH is 2. The molecule has 3 atom stereocenters. The minimum absolute atomic E-state index is 0.0365. The summed E-state index contributed by atoms with van der Waals surface area (Å²) in [7, 11) is 1.18. The van der Waals surface area contributed by atoms with Gasteiger partial charge < -0.3 is 19.6 Å². The molecule has 3 N–H and O–H groups in total. The normalized spacial score (nSPS) is 16.7. The van der Waals surface area contributed by atoms with Crippen molar-refractivity contribution in [3.63, 3.8) is 0 Å². The van der Waals surface area contributed by atoms with Gasteiger partial charge in [-0.05, 0) is 6.42 Å². The molecule has 27 heavy (non-hydrogen) atoms. The highest BCUT2D eigenvalue weighted by atomic mass is 31.2. The minimum atomic E-state index is -4.52. The zero-order chi connectivity index (χ0) is 20.9. The van der Waals surface area contributed by atoms with E-state index in [4.69, 9.17) is 14.2 Å². The van der Waals surface area contributed by atoms with Crippen LogP contribution in [-0.4, -0.2) is 78.5 Å². The smallest absolute Gasteiger partial charge is 0.394 e. The van der Waals surface area contributed by atoms with Crippen LogP contribution < -0.4 is 0 Å². The highest BCUT2D eigenvalue weighted by Crippen LogP contribution is 2.45. The SMILES string of the molecule is CCCCCCCCCC(=O)C(OP(=O)(O)OCC[N+](C)(C)C)[C@@H](O)CO. The molecule has 9 heteroatoms. The summed E-state index contributed by atoms with van der Waals surface area (Å²) in [6, 6.07) is 0. The number of carbonyl (C=O) groups is 1. The fraction of sp³-hybridized carbons (Fsp3) is 0.944. The van der Waals surface area contributed by atoms with Crippen LogP contribution in [0.15, 0.2) is 0 Å². The number of nitrogens with zero attached hydrogens (tertiary/aromatic N) is 1. The summed E-state index contributed by atoms with van der Waals surface area (Å²) in [5.41, 5.74) is 0. The Morgan fingerprint density at radius 2 is 1.63 bits per heavy atom. The van der Waals surface area contributed by atoms with Gasteiger partial charge in [0, 0.05) is 6.42 Å². The molecule has 0 rings (SSSR count). The molecule has 0 spiro atoms. The topological polar surface area (TPSA) is 113 Å². The second-order valence-electron chi connectivity index (χ2n) is 7.93. The number of phosphoric acid groups is 1. The first-order chi connectivity index (χ1) is 12.5. The Morgan fingerprint density at radius 1 is 1.07 bits per heavy atom. The van der Waals surface area contributed by atoms with Gasteiger partial charge in [-0.25, -0.2) is 4.57 Å². The number of ketones is 1. The van der Waals surface area contributed by atoms with Crippen LogP contribution >= 0.6 is 7.82 Å². The van der Waals surface area contributed by atoms with Crippen LogP contribution in [0.5, 0.6) is 0 Å². The summed E-state index contributed by atoms with van der Waals surface area (Å²) < 4.78 is 22.4. The second-order valence-corrected chi connectivity index (χ2v) is 9.34. The van der Waals surface area contributed by atoms with Crippen LogP contribution in [0.3, 0.4) is 0 Å². The molecule has 0 aliphatic heterocycles. The summed E-state index contributed by atoms with van der Waals surface area (Å²) >= 11 is 0. The maximum Gasteiger partial charge on any atom is 0.473 e. The number of hydrogen-bond donors (Lipinski definition) is 3. The van der Waals surface area contributed by atoms with Gasteiger partial charge in [-0.3, -0.25) is 13.8 Å². The van der Waals surface area contributed by atoms with Crippen LogP contribution in [0.1, 0.15) is 58.3 Å². The van der Waals surface area contributed by atoms with Gasteiger partial charge in [0.2, 0.25) is 0 Å². The first kappa shape index (κ1) is 26.7. The Hall–Kier alpha value is -0.340. The van der Waals surface area contributed by atoms with E-state index in [1.54, 1.807) is 0 Å². The van der Waals surface area contributed by atoms with Crippen molar-refractivity contribution >= 4 is 13.6 Å². The number of Topliss-reactive ketones (excluding diaryl/α,β-unsaturated/α-hetero) is 1. The van der Waals surface area contributed by atoms with Crippen molar-refractivity contribution in [3.8, 4) is 0 Å². The van der Waals surface area contributed by atoms with E-state index < -0.39 is 32.4 Å². The summed E-state index contributed by atoms with van der Waals surface area (Å²) in [5.74, 6) is -0.505. The fourth-order valence-corrected chi connectivity index (χ4v) is 3.36. The number of rotatable bonds is 17. The van der Waals surface area contributed by atoms with Gasteiger partial charge in [-0.2, -0.15) is 0 Å². The van der Waals surface area contributed by atoms with Gasteiger partial charge in [0.25, 0.3) is 0 Å². The molecular weight excluding hydrogens is 373 g/mol. The monoisotopic (exact) mass is 412 g/mol. The molecule has 2 unspecified atom stereocenters. The van der Waals surface area contributed by atoms with E-state index in [1.165, 1.54) is 19.3 Å². The Labute approximate surface area is 163 Å². The van der Waals surface area contributed by atoms with Crippen LogP contribution in [-0.2, 0) is 18.4 Å². The summed E-state index contributed by atoms with van der Waals surface area (Å²) in [6.45, 7) is 1.84. The maximum absolute atomic E-state index is 12.3. The molecule has 0 heterocycles. The van der Waals surface area contributed by atoms with E-state index in [1.807, 2.05) is 21.1 Å². The average Bonchev–Trinajstić information content (AvgIpc) is 2.56. The maximum atomic E-state index is 12.3. The third-order valence-electron chi connectivity index (χ3n) is 4.14. The molecule has 0 aromatic carbocycles. The number of unbranched alkanes of at least 4 members (excludes halogenated alkanes) is 6. The highest BCUT2D eigenvalue weighted by molar-refractivity contribution is 7.47. The van der Waals surface area contributed by atoms with Crippen LogP contribution in [0, 0.1) is 0 Å². The third-order valence-corrected chi connectivity index (χ3v) is 5.15. The Bertz CT molecular complexity index is 453. The molecule has 0 aromatic rings. The van der Waals surface area contributed by atoms with Crippen LogP contribution in [0.4, 0.5) is 0 Å². The summed E-state index contributed by atoms with van der Waals surface area (Å²) in [6.07, 6.45) is 4.16. The Balaban J connectivity index is 4.47. The molecule has 0 saturated carbocycles. The van der Waals surface area contributed by atoms with Crippen molar-refractivity contribution in [2.24, 2.45) is 0 Å². The quantitative estimate of drug-likeness (QED) is 0.191. The zero-order valence-corrected chi connectivity index (χ0v) is 18.2. The van der Waals surface area contributed by atoms with Gasteiger partial charge in [0.15, 0.2) is 11.9 Å². The lowest BCUT2D eigenvalue weighted by Crippen LogP contribution is -2.39. The summed E-state index contributed by atoms with van der Waals surface area (Å²) in [5, 5.41) is 18.9. The number of aliphatic hydroxyl groups is 2. The van der Waals surface area contributed by atoms with Crippen molar-refractivity contribution in [1.29, 1.82) is 0 Å². The predicted molar refractivity (Wildman–Crippen MR) is 104 cm³/mol. The predicted octanol–water partition coefficient (Wildman–Crippen LogP) is 2.26. The molecule has 0 aliphatic carbocycles. The van der Waals surface area contributed by atoms with Crippen molar-refractivity contribution < 1.29 is 38.0 Å². The molecule has 0 aromatic heterocycles. The molecule has 0 aliphatic rings. The lowest BCUT2D eigenvalue weighted by molar-refractivity contribution is -0.870. The van der Waals surface area contributed by atoms with Gasteiger partial charge >= 0.3 is 7.82 Å². The van der Waals surface area contributed by atoms with E-state index in [9.17, 15) is 19.4 Å². The highest BCUT2D eigenvalue weighted by Gasteiger charge is 2.35. The van der Waals surface area contributed by atoms with Crippen molar-refractivity contribution in [3.05, 3.63) is 0 Å². The van der Waals surface area contributed by atoms with Gasteiger partial charge in [-0.1, -0.05) is 45.4 Å². The van der Waals surface area contributed by atoms with E-state index in [0.717, 1.165) is 19.3 Å². The van der Waals surface area contributed by atoms with E-state index in [-0.39, 0.29) is 13.0 Å². The molecule has 0 bridgehead atoms. The number of carbonyl (C=O) groups excluding carboxylic acids is 1. The molecule has 0 saturated heterocycles. The van der Waals surface area contributed by atoms with E-state index >= 15 is 0 Å². The van der Waals surface area contributed by atoms with Crippen LogP contribution in [0.2, 0.25) is 0 Å². The standard InChI is InChI=1S/C18H38NO7P/c1-5-6-7-8-9-10-11-12-16(21)18(17(22)15-20)26-27(23,24)25-14-13-19(2,3)4/h17-18,20,22H,5-15H2,1-4H3/p+1/t17-,18?/m0/s1. The second kappa shape index (κ2) is 13.8. The van der Waals surface area contributed by atoms with Crippen molar-refractivity contribution in [2.45, 2.75) is 70.5 Å². The number of quaternary nitrogens is 1. The zero-order valence-electron chi connectivity index (χ0n) is 17.3. The molecule has 8 nitrogen and oxygen atoms in total. The largest absolute Gasteiger partial charge is 0.473 e.